The van der Waals surface area contributed by atoms with Crippen molar-refractivity contribution < 1.29 is 0 Å². The van der Waals surface area contributed by atoms with Crippen LogP contribution in [0.5, 0.6) is 0 Å². The minimum Gasteiger partial charge on any atom is -0.310 e. The summed E-state index contributed by atoms with van der Waals surface area (Å²) in [6, 6.07) is 69.3. The Kier molecular flexibility index (Phi) is 7.18. The van der Waals surface area contributed by atoms with Crippen LogP contribution in [0.25, 0.3) is 66.0 Å². The molecule has 0 N–H and O–H groups in total. The standard InChI is InChI=1S/C47H32N2/c1-2-10-33(11-3-1)36-20-25-41(26-21-36)49(43-29-22-35-13-5-7-15-39(35)31-43)42-27-23-37(24-28-42)47-32-45(44-16-8-9-17-46(44)48-47)40-19-18-34-12-4-6-14-38(34)30-40/h1-32H. The van der Waals surface area contributed by atoms with E-state index >= 15 is 0 Å². The Morgan fingerprint density at radius 2 is 0.837 bits per heavy atom. The molecule has 1 heterocycles. The second-order valence-electron chi connectivity index (χ2n) is 12.5. The van der Waals surface area contributed by atoms with Gasteiger partial charge in [-0.1, -0.05) is 140 Å². The molecular formula is C47H32N2. The summed E-state index contributed by atoms with van der Waals surface area (Å²) < 4.78 is 0. The van der Waals surface area contributed by atoms with Crippen LogP contribution in [0.2, 0.25) is 0 Å². The molecule has 0 aliphatic carbocycles. The second kappa shape index (κ2) is 12.3. The number of fused-ring (bicyclic) bond motifs is 3. The zero-order valence-corrected chi connectivity index (χ0v) is 26.9. The second-order valence-corrected chi connectivity index (χ2v) is 12.5. The topological polar surface area (TPSA) is 16.1 Å². The van der Waals surface area contributed by atoms with Crippen LogP contribution in [-0.4, -0.2) is 4.98 Å². The van der Waals surface area contributed by atoms with Crippen LogP contribution >= 0.6 is 0 Å². The summed E-state index contributed by atoms with van der Waals surface area (Å²) in [5, 5.41) is 6.07. The average Bonchev–Trinajstić information content (AvgIpc) is 3.18. The highest BCUT2D eigenvalue weighted by Crippen LogP contribution is 2.39. The number of hydrogen-bond acceptors (Lipinski definition) is 2. The van der Waals surface area contributed by atoms with E-state index in [1.165, 1.54) is 43.8 Å². The van der Waals surface area contributed by atoms with E-state index < -0.39 is 0 Å². The number of benzene rings is 8. The lowest BCUT2D eigenvalue weighted by molar-refractivity contribution is 1.29. The molecule has 0 radical (unpaired) electrons. The van der Waals surface area contributed by atoms with Crippen molar-refractivity contribution in [2.75, 3.05) is 4.90 Å². The zero-order valence-electron chi connectivity index (χ0n) is 26.9. The lowest BCUT2D eigenvalue weighted by Crippen LogP contribution is -2.09. The highest BCUT2D eigenvalue weighted by Gasteiger charge is 2.15. The van der Waals surface area contributed by atoms with Gasteiger partial charge in [-0.2, -0.15) is 0 Å². The van der Waals surface area contributed by atoms with E-state index in [-0.39, 0.29) is 0 Å². The van der Waals surface area contributed by atoms with Crippen molar-refractivity contribution in [3.05, 3.63) is 194 Å². The summed E-state index contributed by atoms with van der Waals surface area (Å²) in [7, 11) is 0. The van der Waals surface area contributed by atoms with E-state index in [2.05, 4.69) is 199 Å². The fourth-order valence-electron chi connectivity index (χ4n) is 6.90. The first kappa shape index (κ1) is 28.7. The largest absolute Gasteiger partial charge is 0.310 e. The molecule has 2 nitrogen and oxygen atoms in total. The van der Waals surface area contributed by atoms with Crippen molar-refractivity contribution in [3.63, 3.8) is 0 Å². The Morgan fingerprint density at radius 3 is 1.55 bits per heavy atom. The predicted molar refractivity (Wildman–Crippen MR) is 208 cm³/mol. The van der Waals surface area contributed by atoms with Gasteiger partial charge in [0, 0.05) is 28.0 Å². The van der Waals surface area contributed by atoms with Gasteiger partial charge in [-0.3, -0.25) is 0 Å². The van der Waals surface area contributed by atoms with Crippen LogP contribution in [0.4, 0.5) is 17.1 Å². The van der Waals surface area contributed by atoms with E-state index in [4.69, 9.17) is 4.98 Å². The SMILES string of the molecule is c1ccc(-c2ccc(N(c3ccc(-c4cc(-c5ccc6ccccc6c5)c5ccccc5n4)cc3)c3ccc4ccccc4c3)cc2)cc1. The first-order valence-corrected chi connectivity index (χ1v) is 16.7. The minimum atomic E-state index is 0.956. The van der Waals surface area contributed by atoms with Crippen LogP contribution in [0.3, 0.4) is 0 Å². The third-order valence-corrected chi connectivity index (χ3v) is 9.42. The summed E-state index contributed by atoms with van der Waals surface area (Å²) >= 11 is 0. The molecule has 0 saturated carbocycles. The Hall–Kier alpha value is -6.51. The molecule has 0 unspecified atom stereocenters. The molecule has 49 heavy (non-hydrogen) atoms. The van der Waals surface area contributed by atoms with Gasteiger partial charge in [0.15, 0.2) is 0 Å². The number of para-hydroxylation sites is 1. The minimum absolute atomic E-state index is 0.956. The zero-order chi connectivity index (χ0) is 32.6. The van der Waals surface area contributed by atoms with Crippen LogP contribution in [0.15, 0.2) is 194 Å². The maximum Gasteiger partial charge on any atom is 0.0715 e. The summed E-state index contributed by atoms with van der Waals surface area (Å²) in [5.74, 6) is 0. The maximum atomic E-state index is 5.14. The first-order chi connectivity index (χ1) is 24.3. The van der Waals surface area contributed by atoms with Gasteiger partial charge in [0.1, 0.15) is 0 Å². The van der Waals surface area contributed by atoms with Crippen molar-refractivity contribution in [2.45, 2.75) is 0 Å². The number of nitrogens with zero attached hydrogens (tertiary/aromatic N) is 2. The average molecular weight is 625 g/mol. The summed E-state index contributed by atoms with van der Waals surface area (Å²) in [6.45, 7) is 0. The number of anilines is 3. The highest BCUT2D eigenvalue weighted by atomic mass is 15.1. The van der Waals surface area contributed by atoms with Gasteiger partial charge < -0.3 is 4.90 Å². The van der Waals surface area contributed by atoms with E-state index in [1.807, 2.05) is 0 Å². The predicted octanol–water partition coefficient (Wildman–Crippen LogP) is 13.0. The van der Waals surface area contributed by atoms with Gasteiger partial charge >= 0.3 is 0 Å². The Labute approximate surface area is 286 Å². The molecule has 0 fully saturated rings. The third-order valence-electron chi connectivity index (χ3n) is 9.42. The molecule has 9 aromatic rings. The molecule has 0 bridgehead atoms. The fraction of sp³-hybridized carbons (Fsp3) is 0. The van der Waals surface area contributed by atoms with E-state index in [9.17, 15) is 0 Å². The van der Waals surface area contributed by atoms with Gasteiger partial charge in [-0.15, -0.1) is 0 Å². The molecule has 0 amide bonds. The van der Waals surface area contributed by atoms with Gasteiger partial charge in [-0.05, 0) is 98.4 Å². The van der Waals surface area contributed by atoms with E-state index in [0.717, 1.165) is 39.2 Å². The summed E-state index contributed by atoms with van der Waals surface area (Å²) in [5.41, 5.74) is 11.1. The van der Waals surface area contributed by atoms with Gasteiger partial charge in [0.05, 0.1) is 11.2 Å². The molecule has 8 aromatic carbocycles. The number of hydrogen-bond donors (Lipinski definition) is 0. The van der Waals surface area contributed by atoms with Crippen molar-refractivity contribution >= 4 is 49.5 Å². The number of aromatic nitrogens is 1. The molecule has 0 saturated heterocycles. The van der Waals surface area contributed by atoms with Crippen molar-refractivity contribution in [3.8, 4) is 33.5 Å². The van der Waals surface area contributed by atoms with Crippen LogP contribution < -0.4 is 4.90 Å². The Morgan fingerprint density at radius 1 is 0.327 bits per heavy atom. The molecule has 230 valence electrons. The van der Waals surface area contributed by atoms with Crippen LogP contribution in [-0.2, 0) is 0 Å². The van der Waals surface area contributed by atoms with E-state index in [0.29, 0.717) is 0 Å². The third kappa shape index (κ3) is 5.50. The van der Waals surface area contributed by atoms with Gasteiger partial charge in [0.25, 0.3) is 0 Å². The number of pyridine rings is 1. The maximum absolute atomic E-state index is 5.14. The fourth-order valence-corrected chi connectivity index (χ4v) is 6.90. The smallest absolute Gasteiger partial charge is 0.0715 e. The van der Waals surface area contributed by atoms with Crippen LogP contribution in [0.1, 0.15) is 0 Å². The van der Waals surface area contributed by atoms with E-state index in [1.54, 1.807) is 0 Å². The highest BCUT2D eigenvalue weighted by molar-refractivity contribution is 5.99. The monoisotopic (exact) mass is 624 g/mol. The van der Waals surface area contributed by atoms with Crippen molar-refractivity contribution in [1.82, 2.24) is 4.98 Å². The molecule has 2 heteroatoms. The first-order valence-electron chi connectivity index (χ1n) is 16.7. The summed E-state index contributed by atoms with van der Waals surface area (Å²) in [6.07, 6.45) is 0. The molecule has 0 aliphatic rings. The van der Waals surface area contributed by atoms with Crippen molar-refractivity contribution in [2.24, 2.45) is 0 Å². The van der Waals surface area contributed by atoms with Crippen LogP contribution in [0, 0.1) is 0 Å². The molecule has 0 spiro atoms. The number of rotatable bonds is 6. The lowest BCUT2D eigenvalue weighted by Gasteiger charge is -2.26. The van der Waals surface area contributed by atoms with Gasteiger partial charge in [0.2, 0.25) is 0 Å². The quantitative estimate of drug-likeness (QED) is 0.183. The molecule has 1 aromatic heterocycles. The lowest BCUT2D eigenvalue weighted by atomic mass is 9.96. The molecular weight excluding hydrogens is 593 g/mol. The van der Waals surface area contributed by atoms with Gasteiger partial charge in [-0.25, -0.2) is 4.98 Å². The Bertz CT molecular complexity index is 2590. The molecule has 9 rings (SSSR count). The van der Waals surface area contributed by atoms with Crippen molar-refractivity contribution in [1.29, 1.82) is 0 Å². The Balaban J connectivity index is 1.13. The molecule has 0 atom stereocenters. The normalized spacial score (nSPS) is 11.3. The molecule has 0 aliphatic heterocycles. The summed E-state index contributed by atoms with van der Waals surface area (Å²) in [4.78, 5) is 7.48.